The van der Waals surface area contributed by atoms with Gasteiger partial charge in [0, 0.05) is 28.5 Å². The number of hydrogen-bond donors (Lipinski definition) is 1. The fourth-order valence-electron chi connectivity index (χ4n) is 2.55. The summed E-state index contributed by atoms with van der Waals surface area (Å²) in [6.07, 6.45) is 7.32. The maximum absolute atomic E-state index is 11.0. The van der Waals surface area contributed by atoms with Crippen molar-refractivity contribution in [3.8, 4) is 11.5 Å². The van der Waals surface area contributed by atoms with Crippen LogP contribution in [0, 0.1) is 6.92 Å². The highest BCUT2D eigenvalue weighted by atomic mass is 35.5. The highest BCUT2D eigenvalue weighted by molar-refractivity contribution is 6.33. The first-order chi connectivity index (χ1) is 12.5. The molecule has 0 atom stereocenters. The van der Waals surface area contributed by atoms with Gasteiger partial charge in [-0.15, -0.1) is 0 Å². The molecule has 1 aromatic carbocycles. The smallest absolute Gasteiger partial charge is 0.328 e. The van der Waals surface area contributed by atoms with Gasteiger partial charge in [0.15, 0.2) is 5.82 Å². The Balaban J connectivity index is 2.16. The Labute approximate surface area is 159 Å². The summed E-state index contributed by atoms with van der Waals surface area (Å²) in [5.41, 5.74) is 2.67. The first kappa shape index (κ1) is 18.1. The number of aliphatic carboxylic acids is 1. The van der Waals surface area contributed by atoms with Gasteiger partial charge in [-0.05, 0) is 36.8 Å². The highest BCUT2D eigenvalue weighted by Crippen LogP contribution is 2.27. The van der Waals surface area contributed by atoms with E-state index in [0.717, 1.165) is 11.6 Å². The predicted octanol–water partition coefficient (Wildman–Crippen LogP) is 4.10. The zero-order valence-electron chi connectivity index (χ0n) is 13.7. The standard InChI is InChI=1S/C18H14Cl2N4O2/c1-11-16(4-5-17(25)26)24(10-12-8-13(19)2-3-14(12)20)18(23-11)15-9-21-6-7-22-15/h2-9H,10H2,1H3,(H,25,26)/b5-4+. The van der Waals surface area contributed by atoms with E-state index in [-0.39, 0.29) is 0 Å². The van der Waals surface area contributed by atoms with Gasteiger partial charge in [-0.2, -0.15) is 0 Å². The number of carbonyl (C=O) groups is 1. The van der Waals surface area contributed by atoms with Crippen molar-refractivity contribution in [3.05, 3.63) is 69.9 Å². The number of nitrogens with zero attached hydrogens (tertiary/aromatic N) is 4. The second kappa shape index (κ2) is 7.68. The number of hydrogen-bond acceptors (Lipinski definition) is 4. The number of aromatic nitrogens is 4. The van der Waals surface area contributed by atoms with E-state index in [0.29, 0.717) is 39.5 Å². The third-order valence-corrected chi connectivity index (χ3v) is 4.31. The molecule has 2 aromatic heterocycles. The van der Waals surface area contributed by atoms with Crippen LogP contribution in [0.3, 0.4) is 0 Å². The summed E-state index contributed by atoms with van der Waals surface area (Å²) in [6.45, 7) is 2.16. The quantitative estimate of drug-likeness (QED) is 0.665. The number of halogens is 2. The fraction of sp³-hybridized carbons (Fsp3) is 0.111. The third kappa shape index (κ3) is 3.92. The second-order valence-electron chi connectivity index (χ2n) is 5.49. The van der Waals surface area contributed by atoms with Gasteiger partial charge in [0.25, 0.3) is 0 Å². The van der Waals surface area contributed by atoms with Gasteiger partial charge < -0.3 is 9.67 Å². The number of imidazole rings is 1. The van der Waals surface area contributed by atoms with Gasteiger partial charge in [-0.3, -0.25) is 4.98 Å². The lowest BCUT2D eigenvalue weighted by atomic mass is 10.2. The molecule has 0 radical (unpaired) electrons. The molecule has 26 heavy (non-hydrogen) atoms. The maximum Gasteiger partial charge on any atom is 0.328 e. The Bertz CT molecular complexity index is 984. The van der Waals surface area contributed by atoms with Crippen LogP contribution in [-0.2, 0) is 11.3 Å². The molecule has 3 aromatic rings. The molecule has 8 heteroatoms. The molecule has 0 bridgehead atoms. The largest absolute Gasteiger partial charge is 0.478 e. The molecule has 3 rings (SSSR count). The van der Waals surface area contributed by atoms with Crippen LogP contribution in [-0.4, -0.2) is 30.6 Å². The van der Waals surface area contributed by atoms with Crippen molar-refractivity contribution in [1.29, 1.82) is 0 Å². The van der Waals surface area contributed by atoms with Gasteiger partial charge in [0.05, 0.1) is 24.1 Å². The summed E-state index contributed by atoms with van der Waals surface area (Å²) in [7, 11) is 0. The minimum Gasteiger partial charge on any atom is -0.478 e. The average molecular weight is 389 g/mol. The first-order valence-corrected chi connectivity index (χ1v) is 8.39. The van der Waals surface area contributed by atoms with Crippen LogP contribution in [0.1, 0.15) is 17.0 Å². The van der Waals surface area contributed by atoms with Crippen LogP contribution in [0.2, 0.25) is 10.0 Å². The van der Waals surface area contributed by atoms with Crippen molar-refractivity contribution >= 4 is 35.2 Å². The monoisotopic (exact) mass is 388 g/mol. The lowest BCUT2D eigenvalue weighted by Gasteiger charge is -2.12. The van der Waals surface area contributed by atoms with Crippen molar-refractivity contribution in [1.82, 2.24) is 19.5 Å². The molecule has 0 saturated heterocycles. The van der Waals surface area contributed by atoms with E-state index >= 15 is 0 Å². The summed E-state index contributed by atoms with van der Waals surface area (Å²) in [4.78, 5) is 23.9. The number of aryl methyl sites for hydroxylation is 1. The van der Waals surface area contributed by atoms with Crippen molar-refractivity contribution in [3.63, 3.8) is 0 Å². The van der Waals surface area contributed by atoms with E-state index in [2.05, 4.69) is 15.0 Å². The molecule has 2 heterocycles. The molecule has 0 saturated carbocycles. The van der Waals surface area contributed by atoms with Gasteiger partial charge in [-0.25, -0.2) is 14.8 Å². The Morgan fingerprint density at radius 3 is 2.81 bits per heavy atom. The van der Waals surface area contributed by atoms with Crippen molar-refractivity contribution in [2.24, 2.45) is 0 Å². The zero-order valence-corrected chi connectivity index (χ0v) is 15.2. The molecule has 0 aliphatic rings. The van der Waals surface area contributed by atoms with Crippen LogP contribution in [0.5, 0.6) is 0 Å². The minimum absolute atomic E-state index is 0.353. The number of benzene rings is 1. The minimum atomic E-state index is -1.04. The van der Waals surface area contributed by atoms with E-state index in [1.54, 1.807) is 43.7 Å². The Hall–Kier alpha value is -2.70. The number of carboxylic acids is 1. The van der Waals surface area contributed by atoms with Crippen LogP contribution < -0.4 is 0 Å². The molecule has 6 nitrogen and oxygen atoms in total. The van der Waals surface area contributed by atoms with Crippen molar-refractivity contribution < 1.29 is 9.90 Å². The lowest BCUT2D eigenvalue weighted by molar-refractivity contribution is -0.131. The highest BCUT2D eigenvalue weighted by Gasteiger charge is 2.17. The molecule has 0 unspecified atom stereocenters. The first-order valence-electron chi connectivity index (χ1n) is 7.64. The topological polar surface area (TPSA) is 80.9 Å². The Kier molecular flexibility index (Phi) is 5.35. The summed E-state index contributed by atoms with van der Waals surface area (Å²) in [6, 6.07) is 5.20. The number of rotatable bonds is 5. The zero-order chi connectivity index (χ0) is 18.7. The van der Waals surface area contributed by atoms with Crippen molar-refractivity contribution in [2.45, 2.75) is 13.5 Å². The summed E-state index contributed by atoms with van der Waals surface area (Å²) >= 11 is 12.4. The van der Waals surface area contributed by atoms with Gasteiger partial charge in [0.1, 0.15) is 5.69 Å². The fourth-order valence-corrected chi connectivity index (χ4v) is 2.92. The molecule has 0 amide bonds. The second-order valence-corrected chi connectivity index (χ2v) is 6.33. The van der Waals surface area contributed by atoms with Gasteiger partial charge in [-0.1, -0.05) is 23.2 Å². The summed E-state index contributed by atoms with van der Waals surface area (Å²) in [5, 5.41) is 10.1. The summed E-state index contributed by atoms with van der Waals surface area (Å²) in [5.74, 6) is -0.476. The molecule has 0 aliphatic carbocycles. The lowest BCUT2D eigenvalue weighted by Crippen LogP contribution is -2.06. The van der Waals surface area contributed by atoms with Crippen LogP contribution in [0.25, 0.3) is 17.6 Å². The molecular formula is C18H14Cl2N4O2. The maximum atomic E-state index is 11.0. The molecular weight excluding hydrogens is 375 g/mol. The molecule has 132 valence electrons. The molecule has 1 N–H and O–H groups in total. The van der Waals surface area contributed by atoms with Crippen LogP contribution in [0.4, 0.5) is 0 Å². The number of carboxylic acid groups (broad SMARTS) is 1. The van der Waals surface area contributed by atoms with Gasteiger partial charge >= 0.3 is 5.97 Å². The predicted molar refractivity (Wildman–Crippen MR) is 100 cm³/mol. The van der Waals surface area contributed by atoms with E-state index in [9.17, 15) is 4.79 Å². The van der Waals surface area contributed by atoms with E-state index < -0.39 is 5.97 Å². The molecule has 0 fully saturated rings. The van der Waals surface area contributed by atoms with Crippen molar-refractivity contribution in [2.75, 3.05) is 0 Å². The third-order valence-electron chi connectivity index (χ3n) is 3.70. The average Bonchev–Trinajstić information content (AvgIpc) is 2.92. The molecule has 0 spiro atoms. The van der Waals surface area contributed by atoms with E-state index in [4.69, 9.17) is 28.3 Å². The normalized spacial score (nSPS) is 11.2. The van der Waals surface area contributed by atoms with Crippen LogP contribution >= 0.6 is 23.2 Å². The SMILES string of the molecule is Cc1nc(-c2cnccn2)n(Cc2cc(Cl)ccc2Cl)c1/C=C/C(=O)O. The van der Waals surface area contributed by atoms with Gasteiger partial charge in [0.2, 0.25) is 0 Å². The van der Waals surface area contributed by atoms with E-state index in [1.807, 2.05) is 4.57 Å². The Morgan fingerprint density at radius 2 is 2.12 bits per heavy atom. The summed E-state index contributed by atoms with van der Waals surface area (Å²) < 4.78 is 1.84. The van der Waals surface area contributed by atoms with Crippen LogP contribution in [0.15, 0.2) is 42.9 Å². The van der Waals surface area contributed by atoms with E-state index in [1.165, 1.54) is 6.08 Å². The molecule has 0 aliphatic heterocycles. The Morgan fingerprint density at radius 1 is 1.31 bits per heavy atom.